The van der Waals surface area contributed by atoms with Gasteiger partial charge in [-0.3, -0.25) is 4.79 Å². The normalized spacial score (nSPS) is 10.4. The Morgan fingerprint density at radius 2 is 1.72 bits per heavy atom. The number of carbonyl (C=O) groups is 1. The van der Waals surface area contributed by atoms with Crippen LogP contribution in [-0.2, 0) is 4.79 Å². The average Bonchev–Trinajstić information content (AvgIpc) is 2.60. The lowest BCUT2D eigenvalue weighted by Crippen LogP contribution is -2.28. The van der Waals surface area contributed by atoms with E-state index in [-0.39, 0.29) is 5.91 Å². The van der Waals surface area contributed by atoms with E-state index in [9.17, 15) is 4.79 Å². The standard InChI is InChI=1S/C21H27NO3/c1-16-9-11-19(12-10-16)24-14-5-8-21(23)22-13-15-25-20-7-4-6-17(2)18(20)3/h4,6-7,9-12H,5,8,13-15H2,1-3H3,(H,22,23). The summed E-state index contributed by atoms with van der Waals surface area (Å²) in [5.41, 5.74) is 3.55. The third kappa shape index (κ3) is 6.49. The molecule has 1 N–H and O–H groups in total. The van der Waals surface area contributed by atoms with Crippen molar-refractivity contribution in [3.8, 4) is 11.5 Å². The van der Waals surface area contributed by atoms with Crippen LogP contribution in [0.5, 0.6) is 11.5 Å². The van der Waals surface area contributed by atoms with Gasteiger partial charge in [0.15, 0.2) is 0 Å². The van der Waals surface area contributed by atoms with Gasteiger partial charge in [0.05, 0.1) is 13.2 Å². The molecule has 0 radical (unpaired) electrons. The van der Waals surface area contributed by atoms with Crippen LogP contribution in [0.15, 0.2) is 42.5 Å². The van der Waals surface area contributed by atoms with Crippen LogP contribution in [0.3, 0.4) is 0 Å². The lowest BCUT2D eigenvalue weighted by atomic mass is 10.1. The van der Waals surface area contributed by atoms with Crippen LogP contribution in [0, 0.1) is 20.8 Å². The summed E-state index contributed by atoms with van der Waals surface area (Å²) < 4.78 is 11.3. The van der Waals surface area contributed by atoms with E-state index in [1.54, 1.807) is 0 Å². The number of ether oxygens (including phenoxy) is 2. The van der Waals surface area contributed by atoms with E-state index in [4.69, 9.17) is 9.47 Å². The molecule has 1 amide bonds. The third-order valence-corrected chi connectivity index (χ3v) is 4.07. The fourth-order valence-electron chi connectivity index (χ4n) is 2.38. The van der Waals surface area contributed by atoms with Crippen molar-refractivity contribution in [2.24, 2.45) is 0 Å². The highest BCUT2D eigenvalue weighted by Gasteiger charge is 2.03. The van der Waals surface area contributed by atoms with Gasteiger partial charge in [-0.15, -0.1) is 0 Å². The molecule has 0 atom stereocenters. The zero-order valence-electron chi connectivity index (χ0n) is 15.3. The molecule has 2 aromatic rings. The summed E-state index contributed by atoms with van der Waals surface area (Å²) in [4.78, 5) is 11.8. The number of carbonyl (C=O) groups excluding carboxylic acids is 1. The van der Waals surface area contributed by atoms with E-state index in [1.807, 2.05) is 50.2 Å². The Balaban J connectivity index is 1.56. The maximum absolute atomic E-state index is 11.8. The minimum atomic E-state index is 0.0251. The molecule has 0 saturated heterocycles. The molecule has 0 aliphatic carbocycles. The monoisotopic (exact) mass is 341 g/mol. The van der Waals surface area contributed by atoms with Crippen LogP contribution in [0.2, 0.25) is 0 Å². The van der Waals surface area contributed by atoms with Crippen molar-refractivity contribution >= 4 is 5.91 Å². The molecule has 0 bridgehead atoms. The van der Waals surface area contributed by atoms with Crippen molar-refractivity contribution in [2.75, 3.05) is 19.8 Å². The Morgan fingerprint density at radius 3 is 2.48 bits per heavy atom. The molecule has 0 aliphatic heterocycles. The molecule has 0 unspecified atom stereocenters. The van der Waals surface area contributed by atoms with E-state index >= 15 is 0 Å². The Bertz CT molecular complexity index is 680. The summed E-state index contributed by atoms with van der Waals surface area (Å²) in [6, 6.07) is 13.9. The molecule has 4 heteroatoms. The van der Waals surface area contributed by atoms with Gasteiger partial charge in [-0.2, -0.15) is 0 Å². The van der Waals surface area contributed by atoms with Gasteiger partial charge in [0.1, 0.15) is 18.1 Å². The number of nitrogens with one attached hydrogen (secondary N) is 1. The quantitative estimate of drug-likeness (QED) is 0.702. The molecular formula is C21H27NO3. The Hall–Kier alpha value is -2.49. The number of benzene rings is 2. The van der Waals surface area contributed by atoms with E-state index in [0.717, 1.165) is 17.1 Å². The lowest BCUT2D eigenvalue weighted by molar-refractivity contribution is -0.121. The Kier molecular flexibility index (Phi) is 7.33. The first-order chi connectivity index (χ1) is 12.1. The fourth-order valence-corrected chi connectivity index (χ4v) is 2.38. The smallest absolute Gasteiger partial charge is 0.220 e. The summed E-state index contributed by atoms with van der Waals surface area (Å²) >= 11 is 0. The Morgan fingerprint density at radius 1 is 0.960 bits per heavy atom. The van der Waals surface area contributed by atoms with Gasteiger partial charge in [0, 0.05) is 6.42 Å². The van der Waals surface area contributed by atoms with E-state index < -0.39 is 0 Å². The highest BCUT2D eigenvalue weighted by Crippen LogP contribution is 2.20. The molecule has 4 nitrogen and oxygen atoms in total. The Labute approximate surface area is 150 Å². The highest BCUT2D eigenvalue weighted by atomic mass is 16.5. The van der Waals surface area contributed by atoms with Crippen molar-refractivity contribution in [1.82, 2.24) is 5.32 Å². The second kappa shape index (κ2) is 9.72. The van der Waals surface area contributed by atoms with Crippen LogP contribution >= 0.6 is 0 Å². The molecule has 0 spiro atoms. The van der Waals surface area contributed by atoms with Gasteiger partial charge in [-0.05, 0) is 56.5 Å². The molecule has 2 rings (SSSR count). The third-order valence-electron chi connectivity index (χ3n) is 4.07. The van der Waals surface area contributed by atoms with Crippen molar-refractivity contribution in [3.05, 3.63) is 59.2 Å². The van der Waals surface area contributed by atoms with Crippen LogP contribution in [0.25, 0.3) is 0 Å². The first-order valence-electron chi connectivity index (χ1n) is 8.71. The zero-order chi connectivity index (χ0) is 18.1. The number of hydrogen-bond donors (Lipinski definition) is 1. The molecule has 0 aliphatic rings. The number of hydrogen-bond acceptors (Lipinski definition) is 3. The largest absolute Gasteiger partial charge is 0.494 e. The number of rotatable bonds is 9. The molecule has 0 aromatic heterocycles. The molecule has 134 valence electrons. The molecular weight excluding hydrogens is 314 g/mol. The predicted molar refractivity (Wildman–Crippen MR) is 100 cm³/mol. The van der Waals surface area contributed by atoms with Crippen LogP contribution in [0.4, 0.5) is 0 Å². The van der Waals surface area contributed by atoms with Crippen LogP contribution < -0.4 is 14.8 Å². The first kappa shape index (κ1) is 18.8. The molecule has 0 saturated carbocycles. The SMILES string of the molecule is Cc1ccc(OCCCC(=O)NCCOc2cccc(C)c2C)cc1. The van der Waals surface area contributed by atoms with Crippen molar-refractivity contribution in [1.29, 1.82) is 0 Å². The maximum Gasteiger partial charge on any atom is 0.220 e. The van der Waals surface area contributed by atoms with Gasteiger partial charge < -0.3 is 14.8 Å². The fraction of sp³-hybridized carbons (Fsp3) is 0.381. The van der Waals surface area contributed by atoms with E-state index in [0.29, 0.717) is 32.6 Å². The molecule has 0 fully saturated rings. The summed E-state index contributed by atoms with van der Waals surface area (Å²) in [6.45, 7) is 7.65. The summed E-state index contributed by atoms with van der Waals surface area (Å²) in [6.07, 6.45) is 1.15. The van der Waals surface area contributed by atoms with Crippen molar-refractivity contribution in [2.45, 2.75) is 33.6 Å². The van der Waals surface area contributed by atoms with Crippen LogP contribution in [0.1, 0.15) is 29.5 Å². The molecule has 2 aromatic carbocycles. The molecule has 0 heterocycles. The highest BCUT2D eigenvalue weighted by molar-refractivity contribution is 5.75. The van der Waals surface area contributed by atoms with E-state index in [2.05, 4.69) is 18.3 Å². The van der Waals surface area contributed by atoms with Gasteiger partial charge >= 0.3 is 0 Å². The topological polar surface area (TPSA) is 47.6 Å². The van der Waals surface area contributed by atoms with Crippen molar-refractivity contribution < 1.29 is 14.3 Å². The van der Waals surface area contributed by atoms with Gasteiger partial charge in [0.2, 0.25) is 5.91 Å². The maximum atomic E-state index is 11.8. The molecule has 25 heavy (non-hydrogen) atoms. The number of aryl methyl sites for hydroxylation is 2. The zero-order valence-corrected chi connectivity index (χ0v) is 15.3. The summed E-state index contributed by atoms with van der Waals surface area (Å²) in [5.74, 6) is 1.74. The average molecular weight is 341 g/mol. The van der Waals surface area contributed by atoms with E-state index in [1.165, 1.54) is 11.1 Å². The van der Waals surface area contributed by atoms with Crippen LogP contribution in [-0.4, -0.2) is 25.7 Å². The van der Waals surface area contributed by atoms with Gasteiger partial charge in [0.25, 0.3) is 0 Å². The minimum Gasteiger partial charge on any atom is -0.494 e. The van der Waals surface area contributed by atoms with Gasteiger partial charge in [-0.1, -0.05) is 29.8 Å². The second-order valence-corrected chi connectivity index (χ2v) is 6.16. The summed E-state index contributed by atoms with van der Waals surface area (Å²) in [7, 11) is 0. The number of amides is 1. The summed E-state index contributed by atoms with van der Waals surface area (Å²) in [5, 5.41) is 2.87. The van der Waals surface area contributed by atoms with Gasteiger partial charge in [-0.25, -0.2) is 0 Å². The first-order valence-corrected chi connectivity index (χ1v) is 8.71. The second-order valence-electron chi connectivity index (χ2n) is 6.16. The minimum absolute atomic E-state index is 0.0251. The lowest BCUT2D eigenvalue weighted by Gasteiger charge is -2.11. The predicted octanol–water partition coefficient (Wildman–Crippen LogP) is 3.97. The van der Waals surface area contributed by atoms with Crippen molar-refractivity contribution in [3.63, 3.8) is 0 Å².